The molecule has 3 N–H and O–H groups in total. The highest BCUT2D eigenvalue weighted by atomic mass is 19.4. The first-order valence-electron chi connectivity index (χ1n) is 6.48. The third kappa shape index (κ3) is 2.85. The maximum Gasteiger partial charge on any atom is 0.437 e. The van der Waals surface area contributed by atoms with Crippen LogP contribution in [0.15, 0.2) is 24.3 Å². The van der Waals surface area contributed by atoms with E-state index >= 15 is 0 Å². The summed E-state index contributed by atoms with van der Waals surface area (Å²) < 4.78 is 39.7. The summed E-state index contributed by atoms with van der Waals surface area (Å²) in [7, 11) is 0. The van der Waals surface area contributed by atoms with Gasteiger partial charge < -0.3 is 15.7 Å². The molecule has 1 aliphatic heterocycles. The van der Waals surface area contributed by atoms with E-state index in [1.807, 2.05) is 6.07 Å². The number of nitriles is 1. The summed E-state index contributed by atoms with van der Waals surface area (Å²) in [5, 5.41) is 22.3. The van der Waals surface area contributed by atoms with Crippen LogP contribution in [0.3, 0.4) is 0 Å². The lowest BCUT2D eigenvalue weighted by Crippen LogP contribution is -2.72. The molecule has 0 saturated carbocycles. The van der Waals surface area contributed by atoms with E-state index in [1.54, 1.807) is 0 Å². The van der Waals surface area contributed by atoms with Gasteiger partial charge in [0.25, 0.3) is 0 Å². The molecule has 0 radical (unpaired) electrons. The first-order valence-corrected chi connectivity index (χ1v) is 6.48. The first kappa shape index (κ1) is 16.8. The average Bonchev–Trinajstić information content (AvgIpc) is 2.45. The minimum atomic E-state index is -5.24. The zero-order chi connectivity index (χ0) is 17.4. The Hall–Kier alpha value is -2.60. The Bertz CT molecular complexity index is 681. The summed E-state index contributed by atoms with van der Waals surface area (Å²) in [5.41, 5.74) is -3.25. The largest absolute Gasteiger partial charge is 0.437 e. The summed E-state index contributed by atoms with van der Waals surface area (Å²) in [6.45, 7) is 0.900. The number of carbonyl (C=O) groups is 2. The van der Waals surface area contributed by atoms with Gasteiger partial charge in [-0.2, -0.15) is 18.4 Å². The van der Waals surface area contributed by atoms with Crippen LogP contribution >= 0.6 is 0 Å². The molecule has 1 fully saturated rings. The van der Waals surface area contributed by atoms with Gasteiger partial charge >= 0.3 is 12.2 Å². The van der Waals surface area contributed by atoms with Crippen molar-refractivity contribution >= 4 is 11.8 Å². The summed E-state index contributed by atoms with van der Waals surface area (Å²) in [6, 6.07) is 4.53. The number of urea groups is 1. The number of Topliss-reactive ketones (excluding diaryl/α,β-unsaturated/α-hetero) is 1. The highest BCUT2D eigenvalue weighted by Crippen LogP contribution is 2.42. The fourth-order valence-electron chi connectivity index (χ4n) is 2.57. The number of hydrogen-bond acceptors (Lipinski definition) is 4. The van der Waals surface area contributed by atoms with Gasteiger partial charge in [0.15, 0.2) is 0 Å². The van der Waals surface area contributed by atoms with Crippen molar-refractivity contribution in [2.24, 2.45) is 5.92 Å². The van der Waals surface area contributed by atoms with E-state index in [9.17, 15) is 27.9 Å². The van der Waals surface area contributed by atoms with Crippen LogP contribution in [-0.4, -0.2) is 28.8 Å². The van der Waals surface area contributed by atoms with Gasteiger partial charge in [0.2, 0.25) is 5.72 Å². The second-order valence-electron chi connectivity index (χ2n) is 5.16. The maximum atomic E-state index is 13.2. The van der Waals surface area contributed by atoms with Crippen LogP contribution in [0.2, 0.25) is 0 Å². The van der Waals surface area contributed by atoms with Crippen molar-refractivity contribution in [2.75, 3.05) is 0 Å². The molecule has 6 nitrogen and oxygen atoms in total. The Morgan fingerprint density at radius 2 is 1.91 bits per heavy atom. The molecule has 1 aliphatic rings. The van der Waals surface area contributed by atoms with Crippen LogP contribution in [0.1, 0.15) is 24.1 Å². The lowest BCUT2D eigenvalue weighted by atomic mass is 9.79. The van der Waals surface area contributed by atoms with Gasteiger partial charge in [-0.25, -0.2) is 4.79 Å². The number of nitrogens with zero attached hydrogens (tertiary/aromatic N) is 1. The molecule has 0 aromatic heterocycles. The predicted molar refractivity (Wildman–Crippen MR) is 70.7 cm³/mol. The monoisotopic (exact) mass is 327 g/mol. The third-order valence-corrected chi connectivity index (χ3v) is 3.64. The van der Waals surface area contributed by atoms with E-state index in [-0.39, 0.29) is 11.1 Å². The van der Waals surface area contributed by atoms with E-state index in [2.05, 4.69) is 5.32 Å². The number of alkyl halides is 3. The first-order chi connectivity index (χ1) is 10.6. The van der Waals surface area contributed by atoms with Crippen LogP contribution in [0.5, 0.6) is 0 Å². The number of nitrogens with one attached hydrogen (secondary N) is 2. The van der Waals surface area contributed by atoms with Gasteiger partial charge in [0.1, 0.15) is 5.78 Å². The lowest BCUT2D eigenvalue weighted by Gasteiger charge is -2.44. The highest BCUT2D eigenvalue weighted by Gasteiger charge is 2.65. The van der Waals surface area contributed by atoms with E-state index < -0.39 is 35.7 Å². The second-order valence-corrected chi connectivity index (χ2v) is 5.16. The Morgan fingerprint density at radius 1 is 1.35 bits per heavy atom. The number of halogens is 3. The van der Waals surface area contributed by atoms with Gasteiger partial charge in [-0.3, -0.25) is 4.79 Å². The summed E-state index contributed by atoms with van der Waals surface area (Å²) in [4.78, 5) is 23.3. The number of rotatable bonds is 2. The minimum absolute atomic E-state index is 0.168. The van der Waals surface area contributed by atoms with E-state index in [0.717, 1.165) is 6.92 Å². The third-order valence-electron chi connectivity index (χ3n) is 3.64. The molecule has 23 heavy (non-hydrogen) atoms. The number of benzene rings is 1. The molecule has 0 spiro atoms. The Morgan fingerprint density at radius 3 is 2.35 bits per heavy atom. The smallest absolute Gasteiger partial charge is 0.363 e. The summed E-state index contributed by atoms with van der Waals surface area (Å²) >= 11 is 0. The lowest BCUT2D eigenvalue weighted by molar-refractivity contribution is -0.290. The van der Waals surface area contributed by atoms with Crippen molar-refractivity contribution in [1.82, 2.24) is 10.6 Å². The standard InChI is InChI=1S/C14H12F3N3O3/c1-7(21)10-11(9-4-2-8(6-18)3-5-9)19-12(22)20-13(10,23)14(15,16)17/h2-5,10-11,23H,1H3,(H2,19,20,22)/t10-,11-,13+/m0/s1. The van der Waals surface area contributed by atoms with Crippen LogP contribution in [-0.2, 0) is 4.79 Å². The van der Waals surface area contributed by atoms with Gasteiger partial charge in [-0.05, 0) is 24.6 Å². The molecular formula is C14H12F3N3O3. The molecule has 1 aromatic carbocycles. The maximum absolute atomic E-state index is 13.2. The summed E-state index contributed by atoms with van der Waals surface area (Å²) in [5.74, 6) is -2.93. The van der Waals surface area contributed by atoms with Crippen molar-refractivity contribution in [3.63, 3.8) is 0 Å². The minimum Gasteiger partial charge on any atom is -0.363 e. The van der Waals surface area contributed by atoms with E-state index in [0.29, 0.717) is 0 Å². The topological polar surface area (TPSA) is 102 Å². The molecule has 9 heteroatoms. The van der Waals surface area contributed by atoms with Crippen LogP contribution in [0.4, 0.5) is 18.0 Å². The number of amides is 2. The fourth-order valence-corrected chi connectivity index (χ4v) is 2.57. The molecule has 2 rings (SSSR count). The Labute approximate surface area is 128 Å². The molecule has 0 unspecified atom stereocenters. The normalized spacial score (nSPS) is 27.6. The van der Waals surface area contributed by atoms with E-state index in [4.69, 9.17) is 5.26 Å². The number of hydrogen-bond donors (Lipinski definition) is 3. The SMILES string of the molecule is CC(=O)[C@H]1[C@H](c2ccc(C#N)cc2)NC(=O)N[C@]1(O)C(F)(F)F. The Kier molecular flexibility index (Phi) is 4.05. The van der Waals surface area contributed by atoms with Crippen molar-refractivity contribution < 1.29 is 27.9 Å². The molecule has 1 aromatic rings. The van der Waals surface area contributed by atoms with Crippen molar-refractivity contribution in [2.45, 2.75) is 24.9 Å². The van der Waals surface area contributed by atoms with Gasteiger partial charge in [0, 0.05) is 0 Å². The van der Waals surface area contributed by atoms with Crippen molar-refractivity contribution in [1.29, 1.82) is 5.26 Å². The second kappa shape index (κ2) is 5.55. The number of carbonyl (C=O) groups excluding carboxylic acids is 2. The molecule has 2 amide bonds. The molecule has 3 atom stereocenters. The number of aliphatic hydroxyl groups is 1. The van der Waals surface area contributed by atoms with Gasteiger partial charge in [-0.1, -0.05) is 12.1 Å². The predicted octanol–water partition coefficient (Wildman–Crippen LogP) is 1.37. The van der Waals surface area contributed by atoms with Gasteiger partial charge in [0.05, 0.1) is 23.6 Å². The molecule has 0 bridgehead atoms. The highest BCUT2D eigenvalue weighted by molar-refractivity contribution is 5.86. The molecule has 0 aliphatic carbocycles. The molecule has 122 valence electrons. The molecular weight excluding hydrogens is 315 g/mol. The average molecular weight is 327 g/mol. The zero-order valence-corrected chi connectivity index (χ0v) is 11.8. The zero-order valence-electron chi connectivity index (χ0n) is 11.8. The fraction of sp³-hybridized carbons (Fsp3) is 0.357. The summed E-state index contributed by atoms with van der Waals surface area (Å²) in [6.07, 6.45) is -5.24. The molecule has 1 heterocycles. The Balaban J connectivity index is 2.53. The molecule has 1 saturated heterocycles. The van der Waals surface area contributed by atoms with E-state index in [1.165, 1.54) is 29.6 Å². The van der Waals surface area contributed by atoms with Crippen molar-refractivity contribution in [3.05, 3.63) is 35.4 Å². The number of ketones is 1. The van der Waals surface area contributed by atoms with Crippen LogP contribution in [0.25, 0.3) is 0 Å². The quantitative estimate of drug-likeness (QED) is 0.763. The van der Waals surface area contributed by atoms with Crippen LogP contribution < -0.4 is 10.6 Å². The van der Waals surface area contributed by atoms with Gasteiger partial charge in [-0.15, -0.1) is 0 Å². The van der Waals surface area contributed by atoms with Crippen molar-refractivity contribution in [3.8, 4) is 6.07 Å². The van der Waals surface area contributed by atoms with Crippen LogP contribution in [0, 0.1) is 17.2 Å².